The first kappa shape index (κ1) is 16.1. The minimum Gasteiger partial charge on any atom is -0.324 e. The lowest BCUT2D eigenvalue weighted by molar-refractivity contribution is -0.907. The van der Waals surface area contributed by atoms with Gasteiger partial charge in [0.25, 0.3) is 5.91 Å². The van der Waals surface area contributed by atoms with Crippen LogP contribution in [0.3, 0.4) is 0 Å². The van der Waals surface area contributed by atoms with Crippen molar-refractivity contribution in [1.82, 2.24) is 0 Å². The molecule has 1 unspecified atom stereocenters. The van der Waals surface area contributed by atoms with Gasteiger partial charge in [0, 0.05) is 11.6 Å². The highest BCUT2D eigenvalue weighted by Crippen LogP contribution is 2.14. The van der Waals surface area contributed by atoms with Crippen LogP contribution in [-0.2, 0) is 11.3 Å². The van der Waals surface area contributed by atoms with Gasteiger partial charge in [0.1, 0.15) is 18.2 Å². The molecule has 2 aromatic carbocycles. The first-order chi connectivity index (χ1) is 10.5. The quantitative estimate of drug-likeness (QED) is 0.870. The van der Waals surface area contributed by atoms with E-state index in [1.807, 2.05) is 37.4 Å². The van der Waals surface area contributed by atoms with E-state index in [4.69, 9.17) is 0 Å². The highest BCUT2D eigenvalue weighted by Gasteiger charge is 2.22. The first-order valence-corrected chi connectivity index (χ1v) is 7.09. The standard InChI is InChI=1S/C17H18F2N2O/c1-12(21(2)11-13-6-4-3-5-7-13)17(22)20-16-9-8-14(18)10-15(16)19/h3-10,12H,11H2,1-2H3,(H,20,22)/p+1/t12-/m0/s1. The van der Waals surface area contributed by atoms with Gasteiger partial charge in [-0.1, -0.05) is 30.3 Å². The molecule has 0 fully saturated rings. The molecule has 0 bridgehead atoms. The lowest BCUT2D eigenvalue weighted by atomic mass is 10.2. The summed E-state index contributed by atoms with van der Waals surface area (Å²) < 4.78 is 26.4. The summed E-state index contributed by atoms with van der Waals surface area (Å²) in [5.41, 5.74) is 1.11. The molecule has 3 nitrogen and oxygen atoms in total. The number of likely N-dealkylation sites (N-methyl/N-ethyl adjacent to an activating group) is 1. The molecule has 0 aromatic heterocycles. The molecule has 2 N–H and O–H groups in total. The number of carbonyl (C=O) groups excluding carboxylic acids is 1. The van der Waals surface area contributed by atoms with Crippen LogP contribution in [0.5, 0.6) is 0 Å². The molecule has 0 spiro atoms. The molecule has 2 aromatic rings. The van der Waals surface area contributed by atoms with Gasteiger partial charge in [0.05, 0.1) is 12.7 Å². The van der Waals surface area contributed by atoms with Crippen LogP contribution >= 0.6 is 0 Å². The minimum absolute atomic E-state index is 0.00855. The number of hydrogen-bond donors (Lipinski definition) is 2. The van der Waals surface area contributed by atoms with Gasteiger partial charge in [-0.15, -0.1) is 0 Å². The van der Waals surface area contributed by atoms with Crippen molar-refractivity contribution in [1.29, 1.82) is 0 Å². The van der Waals surface area contributed by atoms with Gasteiger partial charge in [-0.3, -0.25) is 4.79 Å². The van der Waals surface area contributed by atoms with Crippen molar-refractivity contribution in [3.8, 4) is 0 Å². The molecule has 0 radical (unpaired) electrons. The summed E-state index contributed by atoms with van der Waals surface area (Å²) in [6.07, 6.45) is 0. The van der Waals surface area contributed by atoms with E-state index >= 15 is 0 Å². The molecule has 5 heteroatoms. The van der Waals surface area contributed by atoms with E-state index in [-0.39, 0.29) is 17.6 Å². The Morgan fingerprint density at radius 3 is 2.50 bits per heavy atom. The molecule has 0 aliphatic heterocycles. The van der Waals surface area contributed by atoms with Gasteiger partial charge in [-0.25, -0.2) is 8.78 Å². The van der Waals surface area contributed by atoms with Gasteiger partial charge >= 0.3 is 0 Å². The summed E-state index contributed by atoms with van der Waals surface area (Å²) in [7, 11) is 1.90. The lowest BCUT2D eigenvalue weighted by Gasteiger charge is -2.21. The Labute approximate surface area is 128 Å². The number of nitrogens with one attached hydrogen (secondary N) is 2. The van der Waals surface area contributed by atoms with Gasteiger partial charge in [0.2, 0.25) is 0 Å². The maximum Gasteiger partial charge on any atom is 0.282 e. The zero-order chi connectivity index (χ0) is 16.1. The van der Waals surface area contributed by atoms with E-state index in [1.165, 1.54) is 6.07 Å². The minimum atomic E-state index is -0.777. The lowest BCUT2D eigenvalue weighted by Crippen LogP contribution is -3.12. The van der Waals surface area contributed by atoms with Crippen molar-refractivity contribution in [2.75, 3.05) is 12.4 Å². The van der Waals surface area contributed by atoms with E-state index in [0.29, 0.717) is 6.54 Å². The van der Waals surface area contributed by atoms with Crippen LogP contribution < -0.4 is 10.2 Å². The second kappa shape index (κ2) is 7.13. The van der Waals surface area contributed by atoms with Crippen LogP contribution in [0.25, 0.3) is 0 Å². The predicted molar refractivity (Wildman–Crippen MR) is 81.5 cm³/mol. The van der Waals surface area contributed by atoms with Crippen LogP contribution in [0.1, 0.15) is 12.5 Å². The molecule has 1 amide bonds. The first-order valence-electron chi connectivity index (χ1n) is 7.09. The Morgan fingerprint density at radius 2 is 1.86 bits per heavy atom. The number of anilines is 1. The van der Waals surface area contributed by atoms with E-state index in [2.05, 4.69) is 5.32 Å². The van der Waals surface area contributed by atoms with E-state index in [1.54, 1.807) is 6.92 Å². The molecular weight excluding hydrogens is 286 g/mol. The average molecular weight is 305 g/mol. The Hall–Kier alpha value is -2.27. The zero-order valence-corrected chi connectivity index (χ0v) is 12.6. The van der Waals surface area contributed by atoms with Crippen molar-refractivity contribution in [3.63, 3.8) is 0 Å². The van der Waals surface area contributed by atoms with Crippen LogP contribution in [-0.4, -0.2) is 19.0 Å². The Kier molecular flexibility index (Phi) is 5.22. The summed E-state index contributed by atoms with van der Waals surface area (Å²) in [4.78, 5) is 13.2. The largest absolute Gasteiger partial charge is 0.324 e. The van der Waals surface area contributed by atoms with E-state index in [0.717, 1.165) is 22.6 Å². The Morgan fingerprint density at radius 1 is 1.18 bits per heavy atom. The highest BCUT2D eigenvalue weighted by atomic mass is 19.1. The van der Waals surface area contributed by atoms with Crippen LogP contribution in [0.4, 0.5) is 14.5 Å². The normalized spacial score (nSPS) is 13.5. The fourth-order valence-corrected chi connectivity index (χ4v) is 2.13. The van der Waals surface area contributed by atoms with E-state index < -0.39 is 11.6 Å². The summed E-state index contributed by atoms with van der Waals surface area (Å²) in [6.45, 7) is 2.45. The van der Waals surface area contributed by atoms with Crippen molar-refractivity contribution in [3.05, 3.63) is 65.7 Å². The molecule has 116 valence electrons. The monoisotopic (exact) mass is 305 g/mol. The zero-order valence-electron chi connectivity index (χ0n) is 12.6. The predicted octanol–water partition coefficient (Wildman–Crippen LogP) is 2.01. The third-order valence-electron chi connectivity index (χ3n) is 3.65. The molecule has 0 heterocycles. The topological polar surface area (TPSA) is 33.5 Å². The van der Waals surface area contributed by atoms with Crippen molar-refractivity contribution >= 4 is 11.6 Å². The van der Waals surface area contributed by atoms with Gasteiger partial charge in [-0.2, -0.15) is 0 Å². The third kappa shape index (κ3) is 4.11. The summed E-state index contributed by atoms with van der Waals surface area (Å²) >= 11 is 0. The maximum absolute atomic E-state index is 13.6. The molecule has 2 atom stereocenters. The van der Waals surface area contributed by atoms with Gasteiger partial charge < -0.3 is 10.2 Å². The molecule has 2 rings (SSSR count). The molecule has 0 saturated heterocycles. The summed E-state index contributed by atoms with van der Waals surface area (Å²) in [5, 5.41) is 2.50. The van der Waals surface area contributed by atoms with Crippen LogP contribution in [0.2, 0.25) is 0 Å². The van der Waals surface area contributed by atoms with Gasteiger partial charge in [0.15, 0.2) is 6.04 Å². The van der Waals surface area contributed by atoms with Crippen LogP contribution in [0, 0.1) is 11.6 Å². The number of hydrogen-bond acceptors (Lipinski definition) is 1. The van der Waals surface area contributed by atoms with Crippen molar-refractivity contribution in [2.24, 2.45) is 0 Å². The molecular formula is C17H19F2N2O+. The fourth-order valence-electron chi connectivity index (χ4n) is 2.13. The van der Waals surface area contributed by atoms with Crippen molar-refractivity contribution < 1.29 is 18.5 Å². The second-order valence-corrected chi connectivity index (χ2v) is 5.34. The highest BCUT2D eigenvalue weighted by molar-refractivity contribution is 5.93. The summed E-state index contributed by atoms with van der Waals surface area (Å²) in [5.74, 6) is -1.75. The molecule has 0 aliphatic rings. The number of amides is 1. The number of benzene rings is 2. The van der Waals surface area contributed by atoms with Crippen LogP contribution in [0.15, 0.2) is 48.5 Å². The number of halogens is 2. The van der Waals surface area contributed by atoms with E-state index in [9.17, 15) is 13.6 Å². The number of quaternary nitrogens is 1. The smallest absolute Gasteiger partial charge is 0.282 e. The maximum atomic E-state index is 13.6. The Bertz CT molecular complexity index is 646. The number of carbonyl (C=O) groups is 1. The Balaban J connectivity index is 1.99. The average Bonchev–Trinajstić information content (AvgIpc) is 2.50. The number of rotatable bonds is 5. The summed E-state index contributed by atoms with van der Waals surface area (Å²) in [6, 6.07) is 12.5. The molecule has 0 aliphatic carbocycles. The van der Waals surface area contributed by atoms with Gasteiger partial charge in [-0.05, 0) is 19.1 Å². The van der Waals surface area contributed by atoms with Crippen molar-refractivity contribution in [2.45, 2.75) is 19.5 Å². The molecule has 0 saturated carbocycles. The third-order valence-corrected chi connectivity index (χ3v) is 3.65. The SMILES string of the molecule is C[C@@H](C(=O)Nc1ccc(F)cc1F)[NH+](C)Cc1ccccc1. The molecule has 22 heavy (non-hydrogen) atoms. The second-order valence-electron chi connectivity index (χ2n) is 5.34. The fraction of sp³-hybridized carbons (Fsp3) is 0.235.